The Morgan fingerprint density at radius 1 is 1.19 bits per heavy atom. The molecule has 0 aliphatic carbocycles. The van der Waals surface area contributed by atoms with Gasteiger partial charge in [0.2, 0.25) is 5.91 Å². The van der Waals surface area contributed by atoms with E-state index in [2.05, 4.69) is 36.6 Å². The molecule has 3 atom stereocenters. The van der Waals surface area contributed by atoms with Gasteiger partial charge in [0.05, 0.1) is 18.8 Å². The predicted molar refractivity (Wildman–Crippen MR) is 115 cm³/mol. The van der Waals surface area contributed by atoms with Gasteiger partial charge in [-0.15, -0.1) is 0 Å². The molecule has 7 heteroatoms. The SMILES string of the molecule is CC(=O)N[C@@H](Cc1cc(F)cc(F)c1)[C@@H](O)CN[C@H]1CCOc2ccc(C(C)C)cc21. The molecule has 3 N–H and O–H groups in total. The average molecular weight is 433 g/mol. The Balaban J connectivity index is 1.70. The molecule has 0 aromatic heterocycles. The molecule has 2 aromatic rings. The molecule has 0 spiro atoms. The summed E-state index contributed by atoms with van der Waals surface area (Å²) < 4.78 is 32.9. The largest absolute Gasteiger partial charge is 0.493 e. The number of carbonyl (C=O) groups is 1. The van der Waals surface area contributed by atoms with Gasteiger partial charge in [0.15, 0.2) is 0 Å². The highest BCUT2D eigenvalue weighted by atomic mass is 19.1. The summed E-state index contributed by atoms with van der Waals surface area (Å²) in [4.78, 5) is 11.6. The topological polar surface area (TPSA) is 70.6 Å². The minimum absolute atomic E-state index is 0.00157. The molecule has 0 fully saturated rings. The van der Waals surface area contributed by atoms with Gasteiger partial charge in [-0.05, 0) is 41.7 Å². The van der Waals surface area contributed by atoms with E-state index in [1.807, 2.05) is 6.07 Å². The quantitative estimate of drug-likeness (QED) is 0.596. The molecular formula is C24H30F2N2O3. The van der Waals surface area contributed by atoms with Gasteiger partial charge >= 0.3 is 0 Å². The third-order valence-electron chi connectivity index (χ3n) is 5.54. The molecule has 0 saturated heterocycles. The highest BCUT2D eigenvalue weighted by molar-refractivity contribution is 5.73. The summed E-state index contributed by atoms with van der Waals surface area (Å²) in [5.74, 6) is -0.489. The second kappa shape index (κ2) is 10.2. The van der Waals surface area contributed by atoms with E-state index < -0.39 is 23.8 Å². The molecule has 5 nitrogen and oxygen atoms in total. The van der Waals surface area contributed by atoms with E-state index in [0.29, 0.717) is 18.1 Å². The first-order valence-electron chi connectivity index (χ1n) is 10.6. The van der Waals surface area contributed by atoms with Crippen LogP contribution < -0.4 is 15.4 Å². The number of amides is 1. The zero-order valence-corrected chi connectivity index (χ0v) is 18.1. The Labute approximate surface area is 181 Å². The highest BCUT2D eigenvalue weighted by Crippen LogP contribution is 2.34. The fourth-order valence-electron chi connectivity index (χ4n) is 3.92. The number of halogens is 2. The van der Waals surface area contributed by atoms with E-state index in [1.165, 1.54) is 24.6 Å². The van der Waals surface area contributed by atoms with Crippen molar-refractivity contribution >= 4 is 5.91 Å². The van der Waals surface area contributed by atoms with Gasteiger partial charge in [0.1, 0.15) is 17.4 Å². The maximum atomic E-state index is 13.5. The van der Waals surface area contributed by atoms with Crippen molar-refractivity contribution in [3.05, 3.63) is 64.7 Å². The molecule has 0 unspecified atom stereocenters. The van der Waals surface area contributed by atoms with Gasteiger partial charge in [0, 0.05) is 37.6 Å². The molecule has 1 heterocycles. The van der Waals surface area contributed by atoms with Gasteiger partial charge in [-0.25, -0.2) is 8.78 Å². The van der Waals surface area contributed by atoms with E-state index in [0.717, 1.165) is 23.8 Å². The first kappa shape index (κ1) is 23.2. The molecule has 1 aliphatic rings. The number of hydrogen-bond acceptors (Lipinski definition) is 4. The standard InChI is InChI=1S/C24H30F2N2O3/c1-14(2)17-4-5-24-20(11-17)21(6-7-31-24)27-13-23(30)22(28-15(3)29)10-16-8-18(25)12-19(26)9-16/h4-5,8-9,11-12,14,21-23,27,30H,6-7,10,13H2,1-3H3,(H,28,29)/t21-,22-,23-/m0/s1. The number of nitrogens with one attached hydrogen (secondary N) is 2. The number of aliphatic hydroxyl groups is 1. The molecule has 168 valence electrons. The Bertz CT molecular complexity index is 899. The molecule has 0 bridgehead atoms. The Kier molecular flexibility index (Phi) is 7.62. The van der Waals surface area contributed by atoms with Crippen molar-refractivity contribution in [2.45, 2.75) is 57.7 Å². The molecular weight excluding hydrogens is 402 g/mol. The van der Waals surface area contributed by atoms with Crippen molar-refractivity contribution in [2.24, 2.45) is 0 Å². The van der Waals surface area contributed by atoms with Crippen LogP contribution in [0, 0.1) is 11.6 Å². The van der Waals surface area contributed by atoms with Crippen molar-refractivity contribution in [1.82, 2.24) is 10.6 Å². The van der Waals surface area contributed by atoms with E-state index in [4.69, 9.17) is 4.74 Å². The highest BCUT2D eigenvalue weighted by Gasteiger charge is 2.26. The molecule has 2 aromatic carbocycles. The van der Waals surface area contributed by atoms with Crippen molar-refractivity contribution in [3.63, 3.8) is 0 Å². The normalized spacial score (nSPS) is 17.6. The second-order valence-electron chi connectivity index (χ2n) is 8.41. The molecule has 1 aliphatic heterocycles. The minimum atomic E-state index is -0.949. The van der Waals surface area contributed by atoms with Crippen LogP contribution in [0.15, 0.2) is 36.4 Å². The number of hydrogen-bond donors (Lipinski definition) is 3. The molecule has 31 heavy (non-hydrogen) atoms. The molecule has 0 radical (unpaired) electrons. The zero-order chi connectivity index (χ0) is 22.5. The first-order valence-corrected chi connectivity index (χ1v) is 10.6. The third kappa shape index (κ3) is 6.24. The lowest BCUT2D eigenvalue weighted by Gasteiger charge is -2.30. The number of carbonyl (C=O) groups excluding carboxylic acids is 1. The van der Waals surface area contributed by atoms with Gasteiger partial charge in [-0.3, -0.25) is 4.79 Å². The van der Waals surface area contributed by atoms with Crippen molar-refractivity contribution < 1.29 is 23.4 Å². The average Bonchev–Trinajstić information content (AvgIpc) is 2.70. The molecule has 1 amide bonds. The van der Waals surface area contributed by atoms with Crippen molar-refractivity contribution in [1.29, 1.82) is 0 Å². The van der Waals surface area contributed by atoms with Crippen molar-refractivity contribution in [2.75, 3.05) is 13.2 Å². The van der Waals surface area contributed by atoms with Crippen LogP contribution in [0.2, 0.25) is 0 Å². The first-order chi connectivity index (χ1) is 14.7. The third-order valence-corrected chi connectivity index (χ3v) is 5.54. The van der Waals surface area contributed by atoms with E-state index in [-0.39, 0.29) is 24.9 Å². The maximum Gasteiger partial charge on any atom is 0.217 e. The van der Waals surface area contributed by atoms with Crippen LogP contribution in [0.25, 0.3) is 0 Å². The second-order valence-corrected chi connectivity index (χ2v) is 8.41. The molecule has 0 saturated carbocycles. The Hall–Kier alpha value is -2.51. The van der Waals surface area contributed by atoms with Crippen LogP contribution in [0.4, 0.5) is 8.78 Å². The van der Waals surface area contributed by atoms with E-state index in [1.54, 1.807) is 0 Å². The van der Waals surface area contributed by atoms with Crippen LogP contribution in [0.5, 0.6) is 5.75 Å². The predicted octanol–water partition coefficient (Wildman–Crippen LogP) is 3.61. The molecule has 3 rings (SSSR count). The maximum absolute atomic E-state index is 13.5. The lowest BCUT2D eigenvalue weighted by Crippen LogP contribution is -2.48. The van der Waals surface area contributed by atoms with Crippen LogP contribution in [0.1, 0.15) is 55.8 Å². The zero-order valence-electron chi connectivity index (χ0n) is 18.1. The van der Waals surface area contributed by atoms with Crippen molar-refractivity contribution in [3.8, 4) is 5.75 Å². The summed E-state index contributed by atoms with van der Waals surface area (Å²) in [5, 5.41) is 16.9. The van der Waals surface area contributed by atoms with E-state index >= 15 is 0 Å². The number of rotatable bonds is 8. The summed E-state index contributed by atoms with van der Waals surface area (Å²) in [6.45, 7) is 6.38. The van der Waals surface area contributed by atoms with Gasteiger partial charge in [0.25, 0.3) is 0 Å². The fourth-order valence-corrected chi connectivity index (χ4v) is 3.92. The Morgan fingerprint density at radius 3 is 2.55 bits per heavy atom. The van der Waals surface area contributed by atoms with Gasteiger partial charge < -0.3 is 20.5 Å². The summed E-state index contributed by atoms with van der Waals surface area (Å²) in [5.41, 5.74) is 2.63. The number of benzene rings is 2. The monoisotopic (exact) mass is 432 g/mol. The lowest BCUT2D eigenvalue weighted by molar-refractivity contribution is -0.120. The van der Waals surface area contributed by atoms with Gasteiger partial charge in [-0.2, -0.15) is 0 Å². The van der Waals surface area contributed by atoms with Gasteiger partial charge in [-0.1, -0.05) is 26.0 Å². The van der Waals surface area contributed by atoms with E-state index in [9.17, 15) is 18.7 Å². The summed E-state index contributed by atoms with van der Waals surface area (Å²) in [7, 11) is 0. The summed E-state index contributed by atoms with van der Waals surface area (Å²) >= 11 is 0. The number of ether oxygens (including phenoxy) is 1. The number of fused-ring (bicyclic) bond motifs is 1. The fraction of sp³-hybridized carbons (Fsp3) is 0.458. The smallest absolute Gasteiger partial charge is 0.217 e. The number of aliphatic hydroxyl groups excluding tert-OH is 1. The Morgan fingerprint density at radius 2 is 1.90 bits per heavy atom. The van der Waals surface area contributed by atoms with Crippen LogP contribution >= 0.6 is 0 Å². The van der Waals surface area contributed by atoms with Crippen LogP contribution in [-0.2, 0) is 11.2 Å². The summed E-state index contributed by atoms with van der Waals surface area (Å²) in [6.07, 6.45) is -0.0880. The van der Waals surface area contributed by atoms with Crippen LogP contribution in [-0.4, -0.2) is 36.3 Å². The summed E-state index contributed by atoms with van der Waals surface area (Å²) in [6, 6.07) is 8.70. The minimum Gasteiger partial charge on any atom is -0.493 e. The lowest BCUT2D eigenvalue weighted by atomic mass is 9.93. The van der Waals surface area contributed by atoms with Crippen LogP contribution in [0.3, 0.4) is 0 Å².